The van der Waals surface area contributed by atoms with Crippen LogP contribution in [0.1, 0.15) is 22.3 Å². The van der Waals surface area contributed by atoms with Crippen molar-refractivity contribution in [2.75, 3.05) is 0 Å². The Morgan fingerprint density at radius 1 is 0.314 bits per heavy atom. The summed E-state index contributed by atoms with van der Waals surface area (Å²) >= 11 is 3.79. The Morgan fingerprint density at radius 3 is 1.39 bits per heavy atom. The summed E-state index contributed by atoms with van der Waals surface area (Å²) in [6.07, 6.45) is 0. The van der Waals surface area contributed by atoms with Crippen LogP contribution in [0.2, 0.25) is 0 Å². The Balaban J connectivity index is 1.14. The lowest BCUT2D eigenvalue weighted by molar-refractivity contribution is 0.769. The molecule has 0 aliphatic heterocycles. The minimum absolute atomic E-state index is 0.473. The van der Waals surface area contributed by atoms with Crippen molar-refractivity contribution in [1.82, 2.24) is 0 Å². The average Bonchev–Trinajstić information content (AvgIpc) is 3.87. The van der Waals surface area contributed by atoms with Gasteiger partial charge >= 0.3 is 0 Å². The van der Waals surface area contributed by atoms with Crippen LogP contribution in [0.3, 0.4) is 0 Å². The van der Waals surface area contributed by atoms with Gasteiger partial charge < -0.3 is 0 Å². The fraction of sp³-hybridized carbons (Fsp3) is 0.0204. The van der Waals surface area contributed by atoms with Crippen molar-refractivity contribution in [2.24, 2.45) is 0 Å². The summed E-state index contributed by atoms with van der Waals surface area (Å²) in [5, 5.41) is 5.32. The third-order valence-corrected chi connectivity index (χ3v) is 13.4. The standard InChI is InChI=1S/C49H30S2/c1-5-22-43-37(14-1)38-15-2-6-23-44(38)49(43,33-28-26-31(27-29-33)35-18-10-20-41-39-16-3-7-24-45(39)50-47(35)41)34-13-9-12-32(30-34)36-19-11-21-42-40-17-4-8-25-46(40)51-48(36)42/h1-30H. The second-order valence-electron chi connectivity index (χ2n) is 13.6. The molecule has 8 aromatic carbocycles. The molecule has 11 rings (SSSR count). The van der Waals surface area contributed by atoms with Gasteiger partial charge in [-0.2, -0.15) is 0 Å². The Bertz CT molecular complexity index is 2930. The van der Waals surface area contributed by atoms with Crippen molar-refractivity contribution < 1.29 is 0 Å². The molecule has 0 saturated carbocycles. The van der Waals surface area contributed by atoms with E-state index in [2.05, 4.69) is 182 Å². The summed E-state index contributed by atoms with van der Waals surface area (Å²) in [5.74, 6) is 0. The van der Waals surface area contributed by atoms with Crippen LogP contribution in [-0.4, -0.2) is 0 Å². The lowest BCUT2D eigenvalue weighted by Crippen LogP contribution is -2.28. The van der Waals surface area contributed by atoms with E-state index in [9.17, 15) is 0 Å². The zero-order valence-corrected chi connectivity index (χ0v) is 29.3. The molecule has 0 bridgehead atoms. The molecule has 0 unspecified atom stereocenters. The van der Waals surface area contributed by atoms with E-state index in [-0.39, 0.29) is 0 Å². The zero-order valence-electron chi connectivity index (χ0n) is 27.6. The smallest absolute Gasteiger partial charge is 0.0713 e. The highest BCUT2D eigenvalue weighted by atomic mass is 32.1. The molecule has 0 atom stereocenters. The normalized spacial score (nSPS) is 13.3. The molecule has 0 fully saturated rings. The average molecular weight is 683 g/mol. The molecule has 10 aromatic rings. The molecule has 0 N–H and O–H groups in total. The van der Waals surface area contributed by atoms with Crippen molar-refractivity contribution in [1.29, 1.82) is 0 Å². The second-order valence-corrected chi connectivity index (χ2v) is 15.7. The molecule has 0 nitrogen and oxygen atoms in total. The van der Waals surface area contributed by atoms with Gasteiger partial charge in [-0.05, 0) is 73.8 Å². The van der Waals surface area contributed by atoms with Crippen molar-refractivity contribution in [3.63, 3.8) is 0 Å². The van der Waals surface area contributed by atoms with E-state index in [4.69, 9.17) is 0 Å². The summed E-state index contributed by atoms with van der Waals surface area (Å²) < 4.78 is 5.36. The molecule has 238 valence electrons. The maximum atomic E-state index is 2.46. The van der Waals surface area contributed by atoms with Gasteiger partial charge in [-0.3, -0.25) is 0 Å². The largest absolute Gasteiger partial charge is 0.135 e. The first-order valence-corrected chi connectivity index (χ1v) is 19.1. The molecule has 0 saturated heterocycles. The molecule has 2 aromatic heterocycles. The van der Waals surface area contributed by atoms with Crippen LogP contribution in [0.25, 0.3) is 73.7 Å². The van der Waals surface area contributed by atoms with E-state index in [1.165, 1.54) is 96.0 Å². The van der Waals surface area contributed by atoms with Crippen LogP contribution in [0.5, 0.6) is 0 Å². The van der Waals surface area contributed by atoms with Gasteiger partial charge in [-0.25, -0.2) is 0 Å². The van der Waals surface area contributed by atoms with Crippen LogP contribution in [-0.2, 0) is 5.41 Å². The number of hydrogen-bond donors (Lipinski definition) is 0. The molecule has 0 amide bonds. The molecular formula is C49H30S2. The van der Waals surface area contributed by atoms with Crippen LogP contribution < -0.4 is 0 Å². The third kappa shape index (κ3) is 4.12. The topological polar surface area (TPSA) is 0 Å². The molecule has 2 heterocycles. The number of fused-ring (bicyclic) bond motifs is 9. The lowest BCUT2D eigenvalue weighted by Gasteiger charge is -2.34. The first kappa shape index (κ1) is 29.0. The predicted octanol–water partition coefficient (Wildman–Crippen LogP) is 14.1. The molecule has 51 heavy (non-hydrogen) atoms. The van der Waals surface area contributed by atoms with Crippen LogP contribution >= 0.6 is 22.7 Å². The van der Waals surface area contributed by atoms with Gasteiger partial charge in [0.05, 0.1) is 5.41 Å². The fourth-order valence-corrected chi connectivity index (χ4v) is 11.3. The van der Waals surface area contributed by atoms with Crippen molar-refractivity contribution in [3.8, 4) is 33.4 Å². The summed E-state index contributed by atoms with van der Waals surface area (Å²) in [5.41, 5.74) is 12.5. The van der Waals surface area contributed by atoms with Crippen LogP contribution in [0, 0.1) is 0 Å². The quantitative estimate of drug-likeness (QED) is 0.173. The maximum absolute atomic E-state index is 2.46. The van der Waals surface area contributed by atoms with Crippen molar-refractivity contribution >= 4 is 63.0 Å². The molecule has 2 heteroatoms. The van der Waals surface area contributed by atoms with E-state index in [0.717, 1.165) is 0 Å². The Labute approximate surface area is 304 Å². The first-order chi connectivity index (χ1) is 25.3. The second kappa shape index (κ2) is 11.1. The molecule has 1 aliphatic rings. The Morgan fingerprint density at radius 2 is 0.784 bits per heavy atom. The fourth-order valence-electron chi connectivity index (χ4n) is 8.79. The minimum Gasteiger partial charge on any atom is -0.135 e. The Hall–Kier alpha value is -5.80. The van der Waals surface area contributed by atoms with Gasteiger partial charge in [0.15, 0.2) is 0 Å². The van der Waals surface area contributed by atoms with Gasteiger partial charge in [0.25, 0.3) is 0 Å². The van der Waals surface area contributed by atoms with Crippen molar-refractivity contribution in [2.45, 2.75) is 5.41 Å². The zero-order chi connectivity index (χ0) is 33.5. The minimum atomic E-state index is -0.473. The van der Waals surface area contributed by atoms with E-state index in [0.29, 0.717) is 0 Å². The molecule has 1 aliphatic carbocycles. The molecular weight excluding hydrogens is 653 g/mol. The predicted molar refractivity (Wildman–Crippen MR) is 220 cm³/mol. The van der Waals surface area contributed by atoms with Crippen LogP contribution in [0.4, 0.5) is 0 Å². The van der Waals surface area contributed by atoms with Crippen molar-refractivity contribution in [3.05, 3.63) is 204 Å². The van der Waals surface area contributed by atoms with E-state index in [1.807, 2.05) is 22.7 Å². The van der Waals surface area contributed by atoms with Gasteiger partial charge in [0.2, 0.25) is 0 Å². The maximum Gasteiger partial charge on any atom is 0.0713 e. The third-order valence-electron chi connectivity index (χ3n) is 11.0. The summed E-state index contributed by atoms with van der Waals surface area (Å²) in [7, 11) is 0. The molecule has 0 spiro atoms. The van der Waals surface area contributed by atoms with Crippen LogP contribution in [0.15, 0.2) is 182 Å². The van der Waals surface area contributed by atoms with E-state index < -0.39 is 5.41 Å². The Kier molecular flexibility index (Phi) is 6.31. The summed E-state index contributed by atoms with van der Waals surface area (Å²) in [6.45, 7) is 0. The highest BCUT2D eigenvalue weighted by molar-refractivity contribution is 7.26. The SMILES string of the molecule is c1cc(-c2cccc3c2sc2ccccc23)cc(C2(c3ccc(-c4cccc5c4sc4ccccc45)cc3)c3ccccc3-c3ccccc32)c1. The van der Waals surface area contributed by atoms with Gasteiger partial charge in [0.1, 0.15) is 0 Å². The van der Waals surface area contributed by atoms with Gasteiger partial charge in [0, 0.05) is 40.3 Å². The summed E-state index contributed by atoms with van der Waals surface area (Å²) in [6, 6.07) is 68.0. The first-order valence-electron chi connectivity index (χ1n) is 17.5. The van der Waals surface area contributed by atoms with Gasteiger partial charge in [-0.1, -0.05) is 164 Å². The van der Waals surface area contributed by atoms with E-state index >= 15 is 0 Å². The number of hydrogen-bond acceptors (Lipinski definition) is 2. The highest BCUT2D eigenvalue weighted by Crippen LogP contribution is 2.56. The number of benzene rings is 8. The monoisotopic (exact) mass is 682 g/mol. The number of rotatable bonds is 4. The summed E-state index contributed by atoms with van der Waals surface area (Å²) in [4.78, 5) is 0. The lowest BCUT2D eigenvalue weighted by atomic mass is 9.67. The highest BCUT2D eigenvalue weighted by Gasteiger charge is 2.46. The van der Waals surface area contributed by atoms with E-state index in [1.54, 1.807) is 0 Å². The number of thiophene rings is 2. The van der Waals surface area contributed by atoms with Gasteiger partial charge in [-0.15, -0.1) is 22.7 Å². The molecule has 0 radical (unpaired) electrons.